The molecule has 4 nitrogen and oxygen atoms in total. The highest BCUT2D eigenvalue weighted by Gasteiger charge is 2.35. The van der Waals surface area contributed by atoms with E-state index in [1.807, 2.05) is 0 Å². The van der Waals surface area contributed by atoms with Crippen molar-refractivity contribution in [3.8, 4) is 0 Å². The fourth-order valence-corrected chi connectivity index (χ4v) is 9.87. The lowest BCUT2D eigenvalue weighted by atomic mass is 9.82. The Morgan fingerprint density at radius 2 is 0.500 bits per heavy atom. The number of pyridine rings is 2. The second-order valence-corrected chi connectivity index (χ2v) is 20.2. The van der Waals surface area contributed by atoms with Crippen LogP contribution < -0.4 is 10.9 Å². The smallest absolute Gasteiger partial charge is 0.197 e. The molecule has 0 unspecified atom stereocenters. The van der Waals surface area contributed by atoms with Gasteiger partial charge >= 0.3 is 0 Å². The Morgan fingerprint density at radius 3 is 0.692 bits per heavy atom. The summed E-state index contributed by atoms with van der Waals surface area (Å²) in [7, 11) is 0. The minimum absolute atomic E-state index is 0.115. The van der Waals surface area contributed by atoms with Crippen molar-refractivity contribution in [3.63, 3.8) is 0 Å². The molecule has 6 aromatic heterocycles. The fraction of sp³-hybridized carbons (Fsp3) is 0.333. The molecule has 4 heteroatoms. The summed E-state index contributed by atoms with van der Waals surface area (Å²) in [6, 6.07) is 18.1. The molecule has 0 bridgehead atoms. The normalized spacial score (nSPS) is 14.7. The maximum atomic E-state index is 14.9. The van der Waals surface area contributed by atoms with Crippen molar-refractivity contribution in [2.75, 3.05) is 0 Å². The maximum Gasteiger partial charge on any atom is 0.197 e. The second kappa shape index (κ2) is 8.46. The molecule has 258 valence electrons. The highest BCUT2D eigenvalue weighted by molar-refractivity contribution is 6.48. The third-order valence-electron chi connectivity index (χ3n) is 12.7. The van der Waals surface area contributed by atoms with Gasteiger partial charge in [-0.3, -0.25) is 9.59 Å². The van der Waals surface area contributed by atoms with Crippen molar-refractivity contribution in [2.24, 2.45) is 0 Å². The molecular weight excluding hydrogens is 637 g/mol. The Morgan fingerprint density at radius 1 is 0.308 bits per heavy atom. The molecule has 0 saturated carbocycles. The van der Waals surface area contributed by atoms with E-state index in [0.29, 0.717) is 0 Å². The topological polar surface area (TPSA) is 43.0 Å². The molecule has 6 heterocycles. The third kappa shape index (κ3) is 3.29. The third-order valence-corrected chi connectivity index (χ3v) is 12.7. The molecule has 11 rings (SSSR count). The van der Waals surface area contributed by atoms with E-state index >= 15 is 0 Å². The van der Waals surface area contributed by atoms with Gasteiger partial charge in [-0.25, -0.2) is 0 Å². The molecule has 5 aromatic carbocycles. The van der Waals surface area contributed by atoms with E-state index in [0.717, 1.165) is 87.4 Å². The summed E-state index contributed by atoms with van der Waals surface area (Å²) in [5.41, 5.74) is 10.7. The number of hydrogen-bond donors (Lipinski definition) is 0. The van der Waals surface area contributed by atoms with Gasteiger partial charge in [-0.1, -0.05) is 83.1 Å². The molecule has 0 aliphatic carbocycles. The first-order valence-electron chi connectivity index (χ1n) is 18.9. The SMILES string of the molecule is CC(C)(C)c1cc2c(=O)c3cc(C(C)(C)C)cc4c5c6c7cc(C(C)(C)C)cc8c(=O)c9cc(C(C)(C)C)cc%10c(c%11c(c1)c2n(c34)c%115)c6n(c9%10)c87. The first-order chi connectivity index (χ1) is 24.2. The minimum atomic E-state index is -0.164. The van der Waals surface area contributed by atoms with E-state index in [1.54, 1.807) is 0 Å². The summed E-state index contributed by atoms with van der Waals surface area (Å²) >= 11 is 0. The zero-order chi connectivity index (χ0) is 36.7. The number of nitrogens with zero attached hydrogens (tertiary/aromatic N) is 2. The molecule has 0 saturated heterocycles. The molecular formula is C48H44N2O2. The summed E-state index contributed by atoms with van der Waals surface area (Å²) in [5.74, 6) is 0. The largest absolute Gasteiger partial charge is 0.306 e. The molecule has 0 amide bonds. The van der Waals surface area contributed by atoms with Gasteiger partial charge in [0.15, 0.2) is 10.9 Å². The van der Waals surface area contributed by atoms with Crippen LogP contribution in [0.25, 0.3) is 97.7 Å². The summed E-state index contributed by atoms with van der Waals surface area (Å²) in [5, 5.41) is 12.5. The summed E-state index contributed by atoms with van der Waals surface area (Å²) in [4.78, 5) is 29.9. The van der Waals surface area contributed by atoms with Gasteiger partial charge in [-0.15, -0.1) is 0 Å². The summed E-state index contributed by atoms with van der Waals surface area (Å²) in [6.07, 6.45) is 0. The van der Waals surface area contributed by atoms with Crippen LogP contribution in [0, 0.1) is 0 Å². The lowest BCUT2D eigenvalue weighted by molar-refractivity contribution is 0.591. The van der Waals surface area contributed by atoms with Crippen LogP contribution in [-0.4, -0.2) is 8.80 Å². The van der Waals surface area contributed by atoms with Crippen molar-refractivity contribution in [3.05, 3.63) is 91.2 Å². The molecule has 0 atom stereocenters. The van der Waals surface area contributed by atoms with Crippen LogP contribution in [0.3, 0.4) is 0 Å². The average molecular weight is 681 g/mol. The minimum Gasteiger partial charge on any atom is -0.306 e. The molecule has 0 fully saturated rings. The van der Waals surface area contributed by atoms with Crippen LogP contribution in [0.2, 0.25) is 0 Å². The van der Waals surface area contributed by atoms with Crippen molar-refractivity contribution in [2.45, 2.75) is 105 Å². The standard InChI is InChI=1S/C48H44N2O2/c1-45(2,3)21-13-25-33-34-26-14-23(47(7,8)9)19-31-39(26)50-40-28(16-24(48(10,11)12)20-32(40)44(31)52)36(42(34)50)35-27-15-22(46(4,5)6)18-30-38(27)49(41(33)35)37(25)29(17-21)43(30)51/h13-20H,1-12H3. The van der Waals surface area contributed by atoms with E-state index in [2.05, 4.69) is 140 Å². The molecule has 0 spiro atoms. The first-order valence-corrected chi connectivity index (χ1v) is 18.9. The Bertz CT molecular complexity index is 3000. The fourth-order valence-electron chi connectivity index (χ4n) is 9.87. The zero-order valence-corrected chi connectivity index (χ0v) is 32.3. The van der Waals surface area contributed by atoms with Crippen molar-refractivity contribution >= 4 is 97.7 Å². The summed E-state index contributed by atoms with van der Waals surface area (Å²) < 4.78 is 4.91. The van der Waals surface area contributed by atoms with Gasteiger partial charge in [0.05, 0.1) is 33.1 Å². The predicted octanol–water partition coefficient (Wildman–Crippen LogP) is 12.0. The van der Waals surface area contributed by atoms with Gasteiger partial charge in [0.2, 0.25) is 0 Å². The van der Waals surface area contributed by atoms with E-state index in [9.17, 15) is 9.59 Å². The van der Waals surface area contributed by atoms with E-state index in [4.69, 9.17) is 0 Å². The molecule has 0 radical (unpaired) electrons. The van der Waals surface area contributed by atoms with Crippen LogP contribution in [0.15, 0.2) is 58.1 Å². The Kier molecular flexibility index (Phi) is 4.99. The summed E-state index contributed by atoms with van der Waals surface area (Å²) in [6.45, 7) is 26.9. The Labute approximate surface area is 301 Å². The number of fused-ring (bicyclic) bond motifs is 6. The van der Waals surface area contributed by atoms with Crippen LogP contribution in [0.4, 0.5) is 0 Å². The van der Waals surface area contributed by atoms with Gasteiger partial charge in [0, 0.05) is 64.6 Å². The van der Waals surface area contributed by atoms with Crippen LogP contribution in [0.5, 0.6) is 0 Å². The monoisotopic (exact) mass is 680 g/mol. The highest BCUT2D eigenvalue weighted by atomic mass is 16.1. The lowest BCUT2D eigenvalue weighted by Gasteiger charge is -2.22. The van der Waals surface area contributed by atoms with Crippen molar-refractivity contribution in [1.82, 2.24) is 8.80 Å². The molecule has 52 heavy (non-hydrogen) atoms. The molecule has 0 aliphatic heterocycles. The maximum absolute atomic E-state index is 14.9. The Balaban J connectivity index is 1.59. The average Bonchev–Trinajstić information content (AvgIpc) is 3.76. The van der Waals surface area contributed by atoms with Crippen LogP contribution in [0.1, 0.15) is 105 Å². The van der Waals surface area contributed by atoms with Gasteiger partial charge < -0.3 is 8.80 Å². The number of rotatable bonds is 0. The van der Waals surface area contributed by atoms with Crippen molar-refractivity contribution < 1.29 is 0 Å². The molecule has 11 aromatic rings. The Hall–Kier alpha value is -4.96. The molecule has 0 aliphatic rings. The quantitative estimate of drug-likeness (QED) is 0.150. The second-order valence-electron chi connectivity index (χ2n) is 20.2. The van der Waals surface area contributed by atoms with Gasteiger partial charge in [0.1, 0.15) is 0 Å². The van der Waals surface area contributed by atoms with E-state index < -0.39 is 0 Å². The number of aromatic nitrogens is 2. The van der Waals surface area contributed by atoms with Crippen molar-refractivity contribution in [1.29, 1.82) is 0 Å². The lowest BCUT2D eigenvalue weighted by Crippen LogP contribution is -2.15. The van der Waals surface area contributed by atoms with E-state index in [1.165, 1.54) is 32.6 Å². The van der Waals surface area contributed by atoms with Crippen LogP contribution in [-0.2, 0) is 21.7 Å². The predicted molar refractivity (Wildman–Crippen MR) is 223 cm³/mol. The molecule has 0 N–H and O–H groups in total. The number of benzene rings is 5. The van der Waals surface area contributed by atoms with Gasteiger partial charge in [0.25, 0.3) is 0 Å². The zero-order valence-electron chi connectivity index (χ0n) is 32.3. The van der Waals surface area contributed by atoms with E-state index in [-0.39, 0.29) is 32.5 Å². The van der Waals surface area contributed by atoms with Gasteiger partial charge in [-0.2, -0.15) is 0 Å². The highest BCUT2D eigenvalue weighted by Crippen LogP contribution is 2.55. The first kappa shape index (κ1) is 30.6. The number of hydrogen-bond acceptors (Lipinski definition) is 2. The van der Waals surface area contributed by atoms with Gasteiger partial charge in [-0.05, 0) is 92.4 Å². The van der Waals surface area contributed by atoms with Crippen LogP contribution >= 0.6 is 0 Å².